The fourth-order valence-electron chi connectivity index (χ4n) is 4.13. The molecule has 2 saturated heterocycles. The Morgan fingerprint density at radius 2 is 1.96 bits per heavy atom. The lowest BCUT2D eigenvalue weighted by Crippen LogP contribution is -2.62. The van der Waals surface area contributed by atoms with Crippen molar-refractivity contribution in [2.24, 2.45) is 5.92 Å². The van der Waals surface area contributed by atoms with E-state index in [-0.39, 0.29) is 5.54 Å². The monoisotopic (exact) mass is 357 g/mol. The van der Waals surface area contributed by atoms with Gasteiger partial charge >= 0.3 is 0 Å². The molecule has 0 unspecified atom stereocenters. The fourth-order valence-corrected chi connectivity index (χ4v) is 4.13. The fraction of sp³-hybridized carbons (Fsp3) is 0.700. The lowest BCUT2D eigenvalue weighted by Gasteiger charge is -2.50. The summed E-state index contributed by atoms with van der Waals surface area (Å²) in [5.74, 6) is 1.51. The lowest BCUT2D eigenvalue weighted by molar-refractivity contribution is -0.0414. The molecule has 0 saturated carbocycles. The van der Waals surface area contributed by atoms with Crippen molar-refractivity contribution in [3.8, 4) is 6.07 Å². The van der Waals surface area contributed by atoms with Gasteiger partial charge < -0.3 is 15.0 Å². The van der Waals surface area contributed by atoms with Gasteiger partial charge in [-0.05, 0) is 30.9 Å². The van der Waals surface area contributed by atoms with Crippen LogP contribution in [0.15, 0.2) is 18.2 Å². The Hall–Kier alpha value is -1.68. The van der Waals surface area contributed by atoms with Gasteiger partial charge in [0.25, 0.3) is 0 Å². The van der Waals surface area contributed by atoms with E-state index >= 15 is 0 Å². The van der Waals surface area contributed by atoms with Gasteiger partial charge in [0.2, 0.25) is 0 Å². The third-order valence-corrected chi connectivity index (χ3v) is 5.55. The van der Waals surface area contributed by atoms with Crippen molar-refractivity contribution in [3.63, 3.8) is 0 Å². The van der Waals surface area contributed by atoms with Gasteiger partial charge in [0.05, 0.1) is 0 Å². The molecule has 3 heterocycles. The van der Waals surface area contributed by atoms with Gasteiger partial charge in [-0.1, -0.05) is 19.9 Å². The predicted molar refractivity (Wildman–Crippen MR) is 103 cm³/mol. The van der Waals surface area contributed by atoms with Crippen LogP contribution in [0.5, 0.6) is 0 Å². The maximum absolute atomic E-state index is 9.05. The van der Waals surface area contributed by atoms with E-state index in [2.05, 4.69) is 40.0 Å². The summed E-state index contributed by atoms with van der Waals surface area (Å²) >= 11 is 0. The zero-order valence-electron chi connectivity index (χ0n) is 16.1. The SMILES string of the molecule is CC(C)CN1CCN(C2(CNc3cccc(C#N)n3)CCOCC2)CC1. The van der Waals surface area contributed by atoms with E-state index in [0.717, 1.165) is 70.5 Å². The number of anilines is 1. The minimum absolute atomic E-state index is 0.118. The van der Waals surface area contributed by atoms with E-state index < -0.39 is 0 Å². The lowest BCUT2D eigenvalue weighted by atomic mass is 9.87. The molecule has 0 spiro atoms. The normalized spacial score (nSPS) is 21.5. The summed E-state index contributed by atoms with van der Waals surface area (Å²) in [4.78, 5) is 9.61. The van der Waals surface area contributed by atoms with Crippen molar-refractivity contribution >= 4 is 5.82 Å². The van der Waals surface area contributed by atoms with Crippen LogP contribution in [0, 0.1) is 17.2 Å². The third-order valence-electron chi connectivity index (χ3n) is 5.55. The van der Waals surface area contributed by atoms with Crippen LogP contribution >= 0.6 is 0 Å². The first-order valence-corrected chi connectivity index (χ1v) is 9.77. The van der Waals surface area contributed by atoms with Crippen molar-refractivity contribution in [3.05, 3.63) is 23.9 Å². The third kappa shape index (κ3) is 4.73. The Balaban J connectivity index is 1.64. The van der Waals surface area contributed by atoms with E-state index in [0.29, 0.717) is 5.69 Å². The van der Waals surface area contributed by atoms with Crippen molar-refractivity contribution < 1.29 is 4.74 Å². The van der Waals surface area contributed by atoms with Crippen LogP contribution in [0.1, 0.15) is 32.4 Å². The minimum Gasteiger partial charge on any atom is -0.381 e. The van der Waals surface area contributed by atoms with Gasteiger partial charge in [0.1, 0.15) is 17.6 Å². The smallest absolute Gasteiger partial charge is 0.142 e. The summed E-state index contributed by atoms with van der Waals surface area (Å²) in [6, 6.07) is 7.67. The second-order valence-electron chi connectivity index (χ2n) is 7.89. The summed E-state index contributed by atoms with van der Waals surface area (Å²) in [6.07, 6.45) is 2.09. The molecule has 2 aliphatic heterocycles. The first-order valence-electron chi connectivity index (χ1n) is 9.77. The Kier molecular flexibility index (Phi) is 6.47. The van der Waals surface area contributed by atoms with Crippen LogP contribution < -0.4 is 5.32 Å². The summed E-state index contributed by atoms with van der Waals surface area (Å²) in [7, 11) is 0. The van der Waals surface area contributed by atoms with Crippen molar-refractivity contribution in [2.45, 2.75) is 32.2 Å². The van der Waals surface area contributed by atoms with E-state index in [1.54, 1.807) is 6.07 Å². The highest BCUT2D eigenvalue weighted by atomic mass is 16.5. The number of piperazine rings is 1. The molecule has 26 heavy (non-hydrogen) atoms. The summed E-state index contributed by atoms with van der Waals surface area (Å²) in [5, 5.41) is 12.5. The Morgan fingerprint density at radius 3 is 2.62 bits per heavy atom. The Bertz CT molecular complexity index is 613. The van der Waals surface area contributed by atoms with E-state index in [1.807, 2.05) is 12.1 Å². The highest BCUT2D eigenvalue weighted by Crippen LogP contribution is 2.29. The zero-order chi connectivity index (χ0) is 18.4. The molecule has 0 radical (unpaired) electrons. The predicted octanol–water partition coefficient (Wildman–Crippen LogP) is 2.19. The van der Waals surface area contributed by atoms with Gasteiger partial charge in [-0.3, -0.25) is 4.90 Å². The summed E-state index contributed by atoms with van der Waals surface area (Å²) < 4.78 is 5.65. The molecule has 3 rings (SSSR count). The number of nitriles is 1. The number of hydrogen-bond acceptors (Lipinski definition) is 6. The quantitative estimate of drug-likeness (QED) is 0.842. The Labute approximate surface area is 157 Å². The number of nitrogens with one attached hydrogen (secondary N) is 1. The van der Waals surface area contributed by atoms with E-state index in [4.69, 9.17) is 10.00 Å². The Morgan fingerprint density at radius 1 is 1.23 bits per heavy atom. The highest BCUT2D eigenvalue weighted by Gasteiger charge is 2.39. The molecular weight excluding hydrogens is 326 g/mol. The molecule has 2 aliphatic rings. The average Bonchev–Trinajstić information content (AvgIpc) is 2.67. The van der Waals surface area contributed by atoms with Crippen LogP contribution in [0.25, 0.3) is 0 Å². The second kappa shape index (κ2) is 8.81. The molecular formula is C20H31N5O. The van der Waals surface area contributed by atoms with Gasteiger partial charge in [0.15, 0.2) is 0 Å². The van der Waals surface area contributed by atoms with Crippen LogP contribution in [-0.2, 0) is 4.74 Å². The molecule has 2 fully saturated rings. The number of pyridine rings is 1. The number of hydrogen-bond donors (Lipinski definition) is 1. The average molecular weight is 358 g/mol. The zero-order valence-corrected chi connectivity index (χ0v) is 16.1. The van der Waals surface area contributed by atoms with Gasteiger partial charge in [0, 0.05) is 58.0 Å². The standard InChI is InChI=1S/C20H31N5O/c1-17(2)15-24-8-10-25(11-9-24)20(6-12-26-13-7-20)16-22-19-5-3-4-18(14-21)23-19/h3-5,17H,6-13,15-16H2,1-2H3,(H,22,23). The first kappa shape index (κ1) is 19.1. The molecule has 1 aromatic heterocycles. The molecule has 0 amide bonds. The van der Waals surface area contributed by atoms with Crippen molar-refractivity contribution in [1.82, 2.24) is 14.8 Å². The number of rotatable bonds is 6. The molecule has 142 valence electrons. The van der Waals surface area contributed by atoms with Crippen molar-refractivity contribution in [2.75, 3.05) is 57.8 Å². The van der Waals surface area contributed by atoms with Gasteiger partial charge in [-0.25, -0.2) is 4.98 Å². The van der Waals surface area contributed by atoms with Gasteiger partial charge in [-0.2, -0.15) is 5.26 Å². The van der Waals surface area contributed by atoms with Crippen LogP contribution in [-0.4, -0.2) is 72.8 Å². The maximum atomic E-state index is 9.05. The highest BCUT2D eigenvalue weighted by molar-refractivity contribution is 5.39. The van der Waals surface area contributed by atoms with E-state index in [1.165, 1.54) is 6.54 Å². The van der Waals surface area contributed by atoms with Crippen LogP contribution in [0.3, 0.4) is 0 Å². The molecule has 1 aromatic rings. The maximum Gasteiger partial charge on any atom is 0.142 e. The van der Waals surface area contributed by atoms with E-state index in [9.17, 15) is 0 Å². The molecule has 1 N–H and O–H groups in total. The molecule has 6 heteroatoms. The largest absolute Gasteiger partial charge is 0.381 e. The number of ether oxygens (including phenoxy) is 1. The molecule has 6 nitrogen and oxygen atoms in total. The van der Waals surface area contributed by atoms with Crippen LogP contribution in [0.2, 0.25) is 0 Å². The van der Waals surface area contributed by atoms with Crippen LogP contribution in [0.4, 0.5) is 5.82 Å². The topological polar surface area (TPSA) is 64.4 Å². The minimum atomic E-state index is 0.118. The number of nitrogens with zero attached hydrogens (tertiary/aromatic N) is 4. The number of aromatic nitrogens is 1. The van der Waals surface area contributed by atoms with Gasteiger partial charge in [-0.15, -0.1) is 0 Å². The molecule has 0 atom stereocenters. The van der Waals surface area contributed by atoms with Crippen molar-refractivity contribution in [1.29, 1.82) is 5.26 Å². The summed E-state index contributed by atoms with van der Waals surface area (Å²) in [5.41, 5.74) is 0.574. The first-order chi connectivity index (χ1) is 12.6. The molecule has 0 bridgehead atoms. The summed E-state index contributed by atoms with van der Waals surface area (Å²) in [6.45, 7) is 12.8. The second-order valence-corrected chi connectivity index (χ2v) is 7.89. The molecule has 0 aliphatic carbocycles. The molecule has 0 aromatic carbocycles.